The maximum Gasteiger partial charge on any atom is 0.220 e. The number of fused-ring (bicyclic) bond motifs is 1. The van der Waals surface area contributed by atoms with Gasteiger partial charge in [0.15, 0.2) is 5.79 Å². The number of allylic oxidation sites excluding steroid dienone is 2. The van der Waals surface area contributed by atoms with E-state index < -0.39 is 23.0 Å². The standard InChI is InChI=1S/C31H44N2O4S/c1-7-8-12-24-29(35)30(5,6)18-17-28(34)33-25(23-14-16-27-26(19-23)32-22(4)38-27)15-13-20(2)10-9-11-21(3)31(24,36)37/h7,13-14,16,19,21,24-25,36-37H,1,8-12,15,17-18H2,2-6H3,(H,33,34). The first-order valence-corrected chi connectivity index (χ1v) is 14.6. The van der Waals surface area contributed by atoms with Gasteiger partial charge >= 0.3 is 0 Å². The third-order valence-corrected chi connectivity index (χ3v) is 8.98. The van der Waals surface area contributed by atoms with Gasteiger partial charge in [0, 0.05) is 17.8 Å². The van der Waals surface area contributed by atoms with Crippen molar-refractivity contribution in [1.29, 1.82) is 0 Å². The molecule has 0 fully saturated rings. The van der Waals surface area contributed by atoms with E-state index in [0.29, 0.717) is 32.1 Å². The number of aromatic nitrogens is 1. The van der Waals surface area contributed by atoms with Crippen molar-refractivity contribution in [1.82, 2.24) is 10.3 Å². The highest BCUT2D eigenvalue weighted by Gasteiger charge is 2.47. The van der Waals surface area contributed by atoms with E-state index in [9.17, 15) is 19.8 Å². The molecule has 1 amide bonds. The molecule has 2 aromatic rings. The second-order valence-corrected chi connectivity index (χ2v) is 12.8. The van der Waals surface area contributed by atoms with E-state index in [-0.39, 0.29) is 24.2 Å². The molecule has 208 valence electrons. The summed E-state index contributed by atoms with van der Waals surface area (Å²) in [5.41, 5.74) is 2.26. The summed E-state index contributed by atoms with van der Waals surface area (Å²) in [5.74, 6) is -3.88. The molecule has 0 aliphatic carbocycles. The van der Waals surface area contributed by atoms with Crippen LogP contribution in [0.15, 0.2) is 42.5 Å². The summed E-state index contributed by atoms with van der Waals surface area (Å²) in [7, 11) is 0. The van der Waals surface area contributed by atoms with Crippen molar-refractivity contribution in [3.8, 4) is 0 Å². The van der Waals surface area contributed by atoms with E-state index in [4.69, 9.17) is 0 Å². The first kappa shape index (κ1) is 30.2. The van der Waals surface area contributed by atoms with Gasteiger partial charge in [-0.3, -0.25) is 9.59 Å². The maximum absolute atomic E-state index is 13.7. The molecule has 7 heteroatoms. The molecule has 2 heterocycles. The first-order chi connectivity index (χ1) is 17.8. The summed E-state index contributed by atoms with van der Waals surface area (Å²) in [6, 6.07) is 6.00. The summed E-state index contributed by atoms with van der Waals surface area (Å²) in [4.78, 5) is 31.5. The van der Waals surface area contributed by atoms with E-state index in [1.54, 1.807) is 31.3 Å². The molecule has 0 saturated heterocycles. The number of hydrogen-bond acceptors (Lipinski definition) is 6. The van der Waals surface area contributed by atoms with Crippen LogP contribution in [0.5, 0.6) is 0 Å². The van der Waals surface area contributed by atoms with Crippen LogP contribution in [0.25, 0.3) is 10.2 Å². The lowest BCUT2D eigenvalue weighted by Gasteiger charge is -2.39. The fraction of sp³-hybridized carbons (Fsp3) is 0.581. The van der Waals surface area contributed by atoms with Crippen LogP contribution in [0, 0.1) is 24.2 Å². The molecule has 3 unspecified atom stereocenters. The molecular formula is C31H44N2O4S. The largest absolute Gasteiger partial charge is 0.365 e. The minimum atomic E-state index is -2.12. The Hall–Kier alpha value is -2.35. The number of benzene rings is 1. The van der Waals surface area contributed by atoms with Crippen molar-refractivity contribution in [3.63, 3.8) is 0 Å². The third kappa shape index (κ3) is 7.39. The van der Waals surface area contributed by atoms with Gasteiger partial charge in [-0.05, 0) is 76.5 Å². The molecule has 3 atom stereocenters. The van der Waals surface area contributed by atoms with Gasteiger partial charge in [0.2, 0.25) is 5.91 Å². The predicted molar refractivity (Wildman–Crippen MR) is 155 cm³/mol. The third-order valence-electron chi connectivity index (χ3n) is 8.02. The molecule has 0 bridgehead atoms. The van der Waals surface area contributed by atoms with E-state index in [1.807, 2.05) is 13.8 Å². The molecule has 0 spiro atoms. The van der Waals surface area contributed by atoms with Crippen molar-refractivity contribution in [2.24, 2.45) is 17.3 Å². The number of carbonyl (C=O) groups excluding carboxylic acids is 2. The van der Waals surface area contributed by atoms with Gasteiger partial charge in [0.05, 0.1) is 27.2 Å². The summed E-state index contributed by atoms with van der Waals surface area (Å²) >= 11 is 1.66. The van der Waals surface area contributed by atoms with Gasteiger partial charge in [-0.25, -0.2) is 4.98 Å². The fourth-order valence-corrected chi connectivity index (χ4v) is 6.13. The average molecular weight is 541 g/mol. The molecule has 6 nitrogen and oxygen atoms in total. The molecule has 3 rings (SSSR count). The molecule has 38 heavy (non-hydrogen) atoms. The molecule has 1 aliphatic heterocycles. The van der Waals surface area contributed by atoms with Crippen LogP contribution >= 0.6 is 11.3 Å². The SMILES string of the molecule is C=CCCC1C(=O)C(C)(C)CCC(=O)NC(c2ccc3sc(C)nc3c2)CC=C(C)CCCC(C)C1(O)O. The van der Waals surface area contributed by atoms with E-state index >= 15 is 0 Å². The predicted octanol–water partition coefficient (Wildman–Crippen LogP) is 6.56. The van der Waals surface area contributed by atoms with Gasteiger partial charge in [0.25, 0.3) is 0 Å². The zero-order valence-electron chi connectivity index (χ0n) is 23.5. The number of carbonyl (C=O) groups is 2. The summed E-state index contributed by atoms with van der Waals surface area (Å²) in [6.45, 7) is 13.2. The summed E-state index contributed by atoms with van der Waals surface area (Å²) in [5, 5.41) is 26.6. The van der Waals surface area contributed by atoms with Crippen molar-refractivity contribution in [2.75, 3.05) is 0 Å². The van der Waals surface area contributed by atoms with E-state index in [2.05, 4.69) is 48.1 Å². The highest BCUT2D eigenvalue weighted by Crippen LogP contribution is 2.38. The lowest BCUT2D eigenvalue weighted by Crippen LogP contribution is -2.51. The Balaban J connectivity index is 1.91. The number of aryl methyl sites for hydroxylation is 1. The zero-order valence-corrected chi connectivity index (χ0v) is 24.4. The lowest BCUT2D eigenvalue weighted by atomic mass is 9.70. The number of ketones is 1. The van der Waals surface area contributed by atoms with Gasteiger partial charge in [-0.15, -0.1) is 17.9 Å². The van der Waals surface area contributed by atoms with Crippen LogP contribution in [-0.2, 0) is 9.59 Å². The summed E-state index contributed by atoms with van der Waals surface area (Å²) in [6.07, 6.45) is 8.01. The fourth-order valence-electron chi connectivity index (χ4n) is 5.33. The Morgan fingerprint density at radius 2 is 1.95 bits per heavy atom. The van der Waals surface area contributed by atoms with Gasteiger partial charge in [-0.1, -0.05) is 44.6 Å². The Morgan fingerprint density at radius 1 is 1.21 bits per heavy atom. The molecule has 1 aromatic carbocycles. The van der Waals surface area contributed by atoms with Crippen molar-refractivity contribution in [3.05, 3.63) is 53.1 Å². The smallest absolute Gasteiger partial charge is 0.220 e. The number of rotatable bonds is 4. The number of amides is 1. The second-order valence-electron chi connectivity index (χ2n) is 11.6. The van der Waals surface area contributed by atoms with E-state index in [1.165, 1.54) is 5.57 Å². The normalized spacial score (nSPS) is 25.6. The average Bonchev–Trinajstić information content (AvgIpc) is 3.23. The Morgan fingerprint density at radius 3 is 2.66 bits per heavy atom. The van der Waals surface area contributed by atoms with Gasteiger partial charge < -0.3 is 15.5 Å². The van der Waals surface area contributed by atoms with Crippen LogP contribution in [0.4, 0.5) is 0 Å². The number of Topliss-reactive ketones (excluding diaryl/α,β-unsaturated/α-hetero) is 1. The Kier molecular flexibility index (Phi) is 10.1. The highest BCUT2D eigenvalue weighted by molar-refractivity contribution is 7.18. The number of nitrogens with one attached hydrogen (secondary N) is 1. The second kappa shape index (κ2) is 12.7. The van der Waals surface area contributed by atoms with Crippen molar-refractivity contribution < 1.29 is 19.8 Å². The minimum absolute atomic E-state index is 0.126. The summed E-state index contributed by atoms with van der Waals surface area (Å²) < 4.78 is 1.13. The number of nitrogens with zero attached hydrogens (tertiary/aromatic N) is 1. The molecule has 0 saturated carbocycles. The molecule has 1 aromatic heterocycles. The number of hydrogen-bond donors (Lipinski definition) is 3. The van der Waals surface area contributed by atoms with Gasteiger partial charge in [-0.2, -0.15) is 0 Å². The monoisotopic (exact) mass is 540 g/mol. The molecule has 3 N–H and O–H groups in total. The topological polar surface area (TPSA) is 99.5 Å². The molecular weight excluding hydrogens is 496 g/mol. The minimum Gasteiger partial charge on any atom is -0.365 e. The van der Waals surface area contributed by atoms with Crippen LogP contribution in [0.2, 0.25) is 0 Å². The first-order valence-electron chi connectivity index (χ1n) is 13.8. The van der Waals surface area contributed by atoms with E-state index in [0.717, 1.165) is 33.6 Å². The highest BCUT2D eigenvalue weighted by atomic mass is 32.1. The number of aliphatic hydroxyl groups is 2. The zero-order chi connectivity index (χ0) is 28.1. The van der Waals surface area contributed by atoms with Crippen molar-refractivity contribution >= 4 is 33.2 Å². The van der Waals surface area contributed by atoms with Crippen LogP contribution < -0.4 is 5.32 Å². The molecule has 1 aliphatic rings. The lowest BCUT2D eigenvalue weighted by molar-refractivity contribution is -0.234. The Labute approximate surface area is 231 Å². The quantitative estimate of drug-likeness (QED) is 0.301. The number of thiazole rings is 1. The maximum atomic E-state index is 13.7. The van der Waals surface area contributed by atoms with Gasteiger partial charge in [0.1, 0.15) is 5.78 Å². The van der Waals surface area contributed by atoms with Crippen LogP contribution in [0.1, 0.15) is 95.7 Å². The molecule has 0 radical (unpaired) electrons. The van der Waals surface area contributed by atoms with Crippen molar-refractivity contribution in [2.45, 2.75) is 97.8 Å². The van der Waals surface area contributed by atoms with Crippen LogP contribution in [-0.4, -0.2) is 32.7 Å². The Bertz CT molecular complexity index is 1180. The van der Waals surface area contributed by atoms with Crippen LogP contribution in [0.3, 0.4) is 0 Å².